The number of nitrogens with zero attached hydrogens (tertiary/aromatic N) is 5. The Balaban J connectivity index is 1.18. The molecule has 0 unspecified atom stereocenters. The first-order valence-corrected chi connectivity index (χ1v) is 12.2. The van der Waals surface area contributed by atoms with Crippen molar-refractivity contribution in [1.29, 1.82) is 0 Å². The standard InChI is InChI=1S/C25H35FN6O/c1-2-11-30-15-17-31(18-16-30)14-10-27-25(33)20-8-12-32(13-9-20)24-7-6-23(28-29-24)21-4-3-5-22(26)19-21/h3-7,19-20H,2,8-18H2,1H3,(H,27,33). The molecule has 0 radical (unpaired) electrons. The van der Waals surface area contributed by atoms with E-state index in [1.807, 2.05) is 18.2 Å². The molecule has 178 valence electrons. The molecule has 7 nitrogen and oxygen atoms in total. The molecule has 0 atom stereocenters. The number of carbonyl (C=O) groups is 1. The number of hydrogen-bond acceptors (Lipinski definition) is 6. The summed E-state index contributed by atoms with van der Waals surface area (Å²) in [6.45, 7) is 11.1. The Morgan fingerprint density at radius 3 is 2.36 bits per heavy atom. The van der Waals surface area contributed by atoms with Crippen molar-refractivity contribution in [2.24, 2.45) is 5.92 Å². The molecule has 3 heterocycles. The summed E-state index contributed by atoms with van der Waals surface area (Å²) in [4.78, 5) is 19.8. The van der Waals surface area contributed by atoms with Crippen LogP contribution < -0.4 is 10.2 Å². The summed E-state index contributed by atoms with van der Waals surface area (Å²) < 4.78 is 13.4. The van der Waals surface area contributed by atoms with Crippen LogP contribution in [0.2, 0.25) is 0 Å². The summed E-state index contributed by atoms with van der Waals surface area (Å²) in [5.41, 5.74) is 1.37. The molecule has 4 rings (SSSR count). The number of hydrogen-bond donors (Lipinski definition) is 1. The maximum Gasteiger partial charge on any atom is 0.223 e. The van der Waals surface area contributed by atoms with Crippen molar-refractivity contribution >= 4 is 11.7 Å². The predicted molar refractivity (Wildman–Crippen MR) is 129 cm³/mol. The number of anilines is 1. The number of carbonyl (C=O) groups excluding carboxylic acids is 1. The van der Waals surface area contributed by atoms with E-state index in [-0.39, 0.29) is 17.6 Å². The summed E-state index contributed by atoms with van der Waals surface area (Å²) >= 11 is 0. The van der Waals surface area contributed by atoms with E-state index in [0.717, 1.165) is 71.0 Å². The fourth-order valence-electron chi connectivity index (χ4n) is 4.70. The first kappa shape index (κ1) is 23.6. The molecule has 2 aromatic rings. The lowest BCUT2D eigenvalue weighted by Crippen LogP contribution is -2.49. The Kier molecular flexibility index (Phi) is 8.23. The second-order valence-corrected chi connectivity index (χ2v) is 9.02. The number of benzene rings is 1. The average Bonchev–Trinajstić information content (AvgIpc) is 2.85. The second kappa shape index (κ2) is 11.5. The molecule has 1 N–H and O–H groups in total. The largest absolute Gasteiger partial charge is 0.355 e. The summed E-state index contributed by atoms with van der Waals surface area (Å²) in [5, 5.41) is 11.8. The molecule has 2 aliphatic heterocycles. The van der Waals surface area contributed by atoms with Crippen LogP contribution >= 0.6 is 0 Å². The lowest BCUT2D eigenvalue weighted by atomic mass is 9.96. The number of amides is 1. The van der Waals surface area contributed by atoms with Crippen molar-refractivity contribution in [2.75, 3.05) is 63.8 Å². The van der Waals surface area contributed by atoms with Crippen LogP contribution in [-0.4, -0.2) is 84.8 Å². The highest BCUT2D eigenvalue weighted by molar-refractivity contribution is 5.79. The first-order chi connectivity index (χ1) is 16.1. The molecule has 2 fully saturated rings. The Morgan fingerprint density at radius 1 is 1.00 bits per heavy atom. The molecule has 1 aromatic heterocycles. The number of aromatic nitrogens is 2. The molecule has 1 aromatic carbocycles. The van der Waals surface area contributed by atoms with E-state index in [0.29, 0.717) is 11.3 Å². The van der Waals surface area contributed by atoms with Crippen molar-refractivity contribution in [1.82, 2.24) is 25.3 Å². The van der Waals surface area contributed by atoms with E-state index in [9.17, 15) is 9.18 Å². The van der Waals surface area contributed by atoms with Gasteiger partial charge in [0.2, 0.25) is 5.91 Å². The highest BCUT2D eigenvalue weighted by Crippen LogP contribution is 2.24. The van der Waals surface area contributed by atoms with Gasteiger partial charge in [0.25, 0.3) is 0 Å². The third kappa shape index (κ3) is 6.48. The zero-order valence-corrected chi connectivity index (χ0v) is 19.5. The Morgan fingerprint density at radius 2 is 1.73 bits per heavy atom. The molecule has 2 aliphatic rings. The number of piperazine rings is 1. The van der Waals surface area contributed by atoms with E-state index in [4.69, 9.17) is 0 Å². The Hall–Kier alpha value is -2.58. The fourth-order valence-corrected chi connectivity index (χ4v) is 4.70. The van der Waals surface area contributed by atoms with Crippen LogP contribution in [0, 0.1) is 11.7 Å². The summed E-state index contributed by atoms with van der Waals surface area (Å²) in [5.74, 6) is 0.749. The van der Waals surface area contributed by atoms with Gasteiger partial charge in [0.15, 0.2) is 5.82 Å². The molecule has 2 saturated heterocycles. The molecule has 8 heteroatoms. The normalized spacial score (nSPS) is 18.4. The van der Waals surface area contributed by atoms with Gasteiger partial charge in [0, 0.05) is 63.8 Å². The topological polar surface area (TPSA) is 64.6 Å². The van der Waals surface area contributed by atoms with E-state index < -0.39 is 0 Å². The zero-order valence-electron chi connectivity index (χ0n) is 19.5. The summed E-state index contributed by atoms with van der Waals surface area (Å²) in [7, 11) is 0. The van der Waals surface area contributed by atoms with Crippen molar-refractivity contribution in [2.45, 2.75) is 26.2 Å². The van der Waals surface area contributed by atoms with Gasteiger partial charge in [0.05, 0.1) is 5.69 Å². The van der Waals surface area contributed by atoms with Gasteiger partial charge in [-0.25, -0.2) is 4.39 Å². The number of nitrogens with one attached hydrogen (secondary N) is 1. The summed E-state index contributed by atoms with van der Waals surface area (Å²) in [6, 6.07) is 10.2. The van der Waals surface area contributed by atoms with E-state index in [1.54, 1.807) is 6.07 Å². The lowest BCUT2D eigenvalue weighted by Gasteiger charge is -2.35. The van der Waals surface area contributed by atoms with Gasteiger partial charge in [-0.15, -0.1) is 10.2 Å². The lowest BCUT2D eigenvalue weighted by molar-refractivity contribution is -0.125. The third-order valence-electron chi connectivity index (χ3n) is 6.69. The van der Waals surface area contributed by atoms with Gasteiger partial charge < -0.3 is 15.1 Å². The van der Waals surface area contributed by atoms with Crippen molar-refractivity contribution in [3.05, 3.63) is 42.2 Å². The number of piperidine rings is 1. The quantitative estimate of drug-likeness (QED) is 0.662. The van der Waals surface area contributed by atoms with Crippen LogP contribution in [0.15, 0.2) is 36.4 Å². The third-order valence-corrected chi connectivity index (χ3v) is 6.69. The monoisotopic (exact) mass is 454 g/mol. The molecular weight excluding hydrogens is 419 g/mol. The van der Waals surface area contributed by atoms with Gasteiger partial charge in [-0.2, -0.15) is 0 Å². The molecule has 1 amide bonds. The maximum absolute atomic E-state index is 13.4. The molecular formula is C25H35FN6O. The molecule has 0 bridgehead atoms. The SMILES string of the molecule is CCCN1CCN(CCNC(=O)C2CCN(c3ccc(-c4cccc(F)c4)nn3)CC2)CC1. The Bertz CT molecular complexity index is 892. The Labute approximate surface area is 196 Å². The van der Waals surface area contributed by atoms with Crippen LogP contribution in [-0.2, 0) is 4.79 Å². The summed E-state index contributed by atoms with van der Waals surface area (Å²) in [6.07, 6.45) is 2.84. The molecule has 0 saturated carbocycles. The van der Waals surface area contributed by atoms with E-state index in [1.165, 1.54) is 25.1 Å². The highest BCUT2D eigenvalue weighted by atomic mass is 19.1. The van der Waals surface area contributed by atoms with Crippen molar-refractivity contribution in [3.63, 3.8) is 0 Å². The number of rotatable bonds is 8. The highest BCUT2D eigenvalue weighted by Gasteiger charge is 2.26. The van der Waals surface area contributed by atoms with Crippen LogP contribution in [0.3, 0.4) is 0 Å². The minimum Gasteiger partial charge on any atom is -0.355 e. The average molecular weight is 455 g/mol. The first-order valence-electron chi connectivity index (χ1n) is 12.2. The van der Waals surface area contributed by atoms with Gasteiger partial charge in [-0.1, -0.05) is 19.1 Å². The van der Waals surface area contributed by atoms with Crippen molar-refractivity contribution < 1.29 is 9.18 Å². The zero-order chi connectivity index (χ0) is 23.0. The van der Waals surface area contributed by atoms with Gasteiger partial charge in [-0.3, -0.25) is 9.69 Å². The molecule has 0 aliphatic carbocycles. The van der Waals surface area contributed by atoms with E-state index in [2.05, 4.69) is 37.1 Å². The van der Waals surface area contributed by atoms with Crippen molar-refractivity contribution in [3.8, 4) is 11.3 Å². The maximum atomic E-state index is 13.4. The second-order valence-electron chi connectivity index (χ2n) is 9.02. The molecule has 33 heavy (non-hydrogen) atoms. The van der Waals surface area contributed by atoms with E-state index >= 15 is 0 Å². The fraction of sp³-hybridized carbons (Fsp3) is 0.560. The minimum atomic E-state index is -0.284. The minimum absolute atomic E-state index is 0.0576. The smallest absolute Gasteiger partial charge is 0.223 e. The van der Waals surface area contributed by atoms with Gasteiger partial charge >= 0.3 is 0 Å². The van der Waals surface area contributed by atoms with Gasteiger partial charge in [-0.05, 0) is 50.1 Å². The predicted octanol–water partition coefficient (Wildman–Crippen LogP) is 2.64. The van der Waals surface area contributed by atoms with Crippen LogP contribution in [0.4, 0.5) is 10.2 Å². The van der Waals surface area contributed by atoms with Crippen LogP contribution in [0.5, 0.6) is 0 Å². The van der Waals surface area contributed by atoms with Crippen LogP contribution in [0.1, 0.15) is 26.2 Å². The van der Waals surface area contributed by atoms with Crippen LogP contribution in [0.25, 0.3) is 11.3 Å². The molecule has 0 spiro atoms. The van der Waals surface area contributed by atoms with Gasteiger partial charge in [0.1, 0.15) is 5.82 Å². The number of halogens is 1.